The molecule has 78 valence electrons. The van der Waals surface area contributed by atoms with Gasteiger partial charge in [-0.15, -0.1) is 0 Å². The molecule has 1 aromatic heterocycles. The number of halogens is 1. The quantitative estimate of drug-likeness (QED) is 0.837. The zero-order valence-electron chi connectivity index (χ0n) is 8.07. The molecular formula is C11H11ClN2O. The van der Waals surface area contributed by atoms with E-state index in [9.17, 15) is 0 Å². The maximum atomic E-state index is 8.77. The van der Waals surface area contributed by atoms with E-state index in [1.165, 1.54) is 0 Å². The van der Waals surface area contributed by atoms with Crippen LogP contribution < -0.4 is 0 Å². The molecule has 0 saturated carbocycles. The van der Waals surface area contributed by atoms with Crippen molar-refractivity contribution < 1.29 is 5.11 Å². The number of aromatic nitrogens is 2. The third-order valence-corrected chi connectivity index (χ3v) is 2.34. The molecule has 0 aliphatic rings. The topological polar surface area (TPSA) is 48.9 Å². The molecule has 0 aliphatic heterocycles. The van der Waals surface area contributed by atoms with E-state index in [0.29, 0.717) is 11.4 Å². The lowest BCUT2D eigenvalue weighted by Gasteiger charge is -1.97. The van der Waals surface area contributed by atoms with Crippen LogP contribution in [0.1, 0.15) is 5.69 Å². The number of hydrogen-bond acceptors (Lipinski definition) is 2. The van der Waals surface area contributed by atoms with Gasteiger partial charge in [0.2, 0.25) is 0 Å². The lowest BCUT2D eigenvalue weighted by atomic mass is 10.2. The van der Waals surface area contributed by atoms with E-state index in [4.69, 9.17) is 16.7 Å². The molecule has 2 aromatic rings. The second kappa shape index (κ2) is 4.47. The van der Waals surface area contributed by atoms with Crippen molar-refractivity contribution in [2.45, 2.75) is 6.42 Å². The molecule has 1 aromatic carbocycles. The van der Waals surface area contributed by atoms with Crippen molar-refractivity contribution in [3.8, 4) is 11.4 Å². The van der Waals surface area contributed by atoms with Gasteiger partial charge < -0.3 is 10.1 Å². The first kappa shape index (κ1) is 10.2. The Kier molecular flexibility index (Phi) is 3.04. The molecule has 2 N–H and O–H groups in total. The summed E-state index contributed by atoms with van der Waals surface area (Å²) in [5.74, 6) is 0.779. The molecule has 2 rings (SSSR count). The van der Waals surface area contributed by atoms with Gasteiger partial charge in [0.05, 0.1) is 0 Å². The van der Waals surface area contributed by atoms with Crippen molar-refractivity contribution in [1.82, 2.24) is 9.97 Å². The van der Waals surface area contributed by atoms with E-state index < -0.39 is 0 Å². The van der Waals surface area contributed by atoms with E-state index >= 15 is 0 Å². The zero-order chi connectivity index (χ0) is 10.7. The van der Waals surface area contributed by atoms with Crippen LogP contribution in [0.4, 0.5) is 0 Å². The molecule has 0 bridgehead atoms. The SMILES string of the molecule is OCCc1cnc(-c2cccc(Cl)c2)[nH]1. The van der Waals surface area contributed by atoms with Gasteiger partial charge in [-0.25, -0.2) is 4.98 Å². The standard InChI is InChI=1S/C11H11ClN2O/c12-9-3-1-2-8(6-9)11-13-7-10(14-11)4-5-15/h1-3,6-7,15H,4-5H2,(H,13,14). The Balaban J connectivity index is 2.29. The summed E-state index contributed by atoms with van der Waals surface area (Å²) in [6, 6.07) is 7.49. The van der Waals surface area contributed by atoms with Crippen LogP contribution in [0.3, 0.4) is 0 Å². The number of rotatable bonds is 3. The van der Waals surface area contributed by atoms with Crippen LogP contribution in [-0.4, -0.2) is 21.7 Å². The largest absolute Gasteiger partial charge is 0.396 e. The van der Waals surface area contributed by atoms with Gasteiger partial charge in [-0.2, -0.15) is 0 Å². The fraction of sp³-hybridized carbons (Fsp3) is 0.182. The minimum Gasteiger partial charge on any atom is -0.396 e. The van der Waals surface area contributed by atoms with Crippen molar-refractivity contribution in [1.29, 1.82) is 0 Å². The number of aliphatic hydroxyl groups is 1. The van der Waals surface area contributed by atoms with Crippen LogP contribution in [-0.2, 0) is 6.42 Å². The fourth-order valence-electron chi connectivity index (χ4n) is 1.39. The monoisotopic (exact) mass is 222 g/mol. The maximum Gasteiger partial charge on any atom is 0.137 e. The van der Waals surface area contributed by atoms with E-state index in [0.717, 1.165) is 17.1 Å². The van der Waals surface area contributed by atoms with E-state index in [2.05, 4.69) is 9.97 Å². The summed E-state index contributed by atoms with van der Waals surface area (Å²) in [4.78, 5) is 7.35. The number of H-pyrrole nitrogens is 1. The Morgan fingerprint density at radius 1 is 1.40 bits per heavy atom. The van der Waals surface area contributed by atoms with Crippen molar-refractivity contribution in [2.24, 2.45) is 0 Å². The van der Waals surface area contributed by atoms with Crippen molar-refractivity contribution in [3.05, 3.63) is 41.2 Å². The van der Waals surface area contributed by atoms with Gasteiger partial charge in [0.25, 0.3) is 0 Å². The Labute approximate surface area is 92.7 Å². The summed E-state index contributed by atoms with van der Waals surface area (Å²) >= 11 is 5.88. The summed E-state index contributed by atoms with van der Waals surface area (Å²) in [6.45, 7) is 0.122. The highest BCUT2D eigenvalue weighted by Crippen LogP contribution is 2.19. The van der Waals surface area contributed by atoms with Gasteiger partial charge in [-0.3, -0.25) is 0 Å². The highest BCUT2D eigenvalue weighted by Gasteiger charge is 2.03. The number of nitrogens with one attached hydrogen (secondary N) is 1. The average molecular weight is 223 g/mol. The van der Waals surface area contributed by atoms with Gasteiger partial charge in [0, 0.05) is 35.5 Å². The van der Waals surface area contributed by atoms with E-state index in [-0.39, 0.29) is 6.61 Å². The minimum absolute atomic E-state index is 0.122. The molecule has 0 unspecified atom stereocenters. The molecule has 0 amide bonds. The van der Waals surface area contributed by atoms with E-state index in [1.54, 1.807) is 6.20 Å². The Hall–Kier alpha value is -1.32. The first-order valence-electron chi connectivity index (χ1n) is 4.70. The molecule has 0 aliphatic carbocycles. The molecule has 15 heavy (non-hydrogen) atoms. The van der Waals surface area contributed by atoms with Crippen LogP contribution in [0.25, 0.3) is 11.4 Å². The smallest absolute Gasteiger partial charge is 0.137 e. The summed E-state index contributed by atoms with van der Waals surface area (Å²) in [6.07, 6.45) is 2.32. The van der Waals surface area contributed by atoms with Crippen molar-refractivity contribution >= 4 is 11.6 Å². The number of nitrogens with zero attached hydrogens (tertiary/aromatic N) is 1. The second-order valence-corrected chi connectivity index (χ2v) is 3.68. The maximum absolute atomic E-state index is 8.77. The number of benzene rings is 1. The number of aromatic amines is 1. The second-order valence-electron chi connectivity index (χ2n) is 3.24. The lowest BCUT2D eigenvalue weighted by Crippen LogP contribution is -1.90. The Morgan fingerprint density at radius 2 is 2.27 bits per heavy atom. The third-order valence-electron chi connectivity index (χ3n) is 2.11. The van der Waals surface area contributed by atoms with Gasteiger partial charge in [0.15, 0.2) is 0 Å². The fourth-order valence-corrected chi connectivity index (χ4v) is 1.58. The summed E-state index contributed by atoms with van der Waals surface area (Å²) in [7, 11) is 0. The lowest BCUT2D eigenvalue weighted by molar-refractivity contribution is 0.298. The predicted molar refractivity (Wildman–Crippen MR) is 59.8 cm³/mol. The highest BCUT2D eigenvalue weighted by molar-refractivity contribution is 6.30. The molecule has 0 saturated heterocycles. The molecule has 0 atom stereocenters. The van der Waals surface area contributed by atoms with E-state index in [1.807, 2.05) is 24.3 Å². The molecule has 0 spiro atoms. The van der Waals surface area contributed by atoms with Gasteiger partial charge in [-0.05, 0) is 12.1 Å². The Bertz CT molecular complexity index is 453. The third kappa shape index (κ3) is 2.37. The van der Waals surface area contributed by atoms with Crippen LogP contribution in [0.15, 0.2) is 30.5 Å². The van der Waals surface area contributed by atoms with Crippen LogP contribution >= 0.6 is 11.6 Å². The molecule has 4 heteroatoms. The molecule has 3 nitrogen and oxygen atoms in total. The number of imidazole rings is 1. The van der Waals surface area contributed by atoms with Gasteiger partial charge >= 0.3 is 0 Å². The predicted octanol–water partition coefficient (Wildman–Crippen LogP) is 2.26. The molecular weight excluding hydrogens is 212 g/mol. The molecule has 1 heterocycles. The summed E-state index contributed by atoms with van der Waals surface area (Å²) in [5, 5.41) is 9.46. The normalized spacial score (nSPS) is 10.5. The van der Waals surface area contributed by atoms with Crippen LogP contribution in [0, 0.1) is 0 Å². The average Bonchev–Trinajstić information content (AvgIpc) is 2.67. The van der Waals surface area contributed by atoms with Crippen LogP contribution in [0.2, 0.25) is 5.02 Å². The first-order valence-corrected chi connectivity index (χ1v) is 5.08. The van der Waals surface area contributed by atoms with Crippen LogP contribution in [0.5, 0.6) is 0 Å². The number of aliphatic hydroxyl groups excluding tert-OH is 1. The summed E-state index contributed by atoms with van der Waals surface area (Å²) < 4.78 is 0. The van der Waals surface area contributed by atoms with Crippen molar-refractivity contribution in [2.75, 3.05) is 6.61 Å². The first-order chi connectivity index (χ1) is 7.29. The summed E-state index contributed by atoms with van der Waals surface area (Å²) in [5.41, 5.74) is 1.87. The Morgan fingerprint density at radius 3 is 3.00 bits per heavy atom. The minimum atomic E-state index is 0.122. The zero-order valence-corrected chi connectivity index (χ0v) is 8.83. The number of hydrogen-bond donors (Lipinski definition) is 2. The molecule has 0 fully saturated rings. The van der Waals surface area contributed by atoms with Gasteiger partial charge in [-0.1, -0.05) is 23.7 Å². The molecule has 0 radical (unpaired) electrons. The van der Waals surface area contributed by atoms with Gasteiger partial charge in [0.1, 0.15) is 5.82 Å². The highest BCUT2D eigenvalue weighted by atomic mass is 35.5. The van der Waals surface area contributed by atoms with Crippen molar-refractivity contribution in [3.63, 3.8) is 0 Å².